The van der Waals surface area contributed by atoms with Crippen molar-refractivity contribution >= 4 is 17.7 Å². The van der Waals surface area contributed by atoms with Crippen molar-refractivity contribution in [3.05, 3.63) is 0 Å². The molecule has 0 aromatic carbocycles. The average molecular weight is 186 g/mol. The van der Waals surface area contributed by atoms with Gasteiger partial charge in [0.25, 0.3) is 0 Å². The highest BCUT2D eigenvalue weighted by Crippen LogP contribution is 2.25. The van der Waals surface area contributed by atoms with E-state index in [0.29, 0.717) is 6.04 Å². The average Bonchev–Trinajstić information content (AvgIpc) is 2.64. The molecule has 12 heavy (non-hydrogen) atoms. The summed E-state index contributed by atoms with van der Waals surface area (Å²) in [7, 11) is 0. The van der Waals surface area contributed by atoms with Crippen molar-refractivity contribution in [2.24, 2.45) is 5.73 Å². The van der Waals surface area contributed by atoms with Gasteiger partial charge in [0.2, 0.25) is 5.91 Å². The van der Waals surface area contributed by atoms with Crippen molar-refractivity contribution in [1.29, 1.82) is 0 Å². The lowest BCUT2D eigenvalue weighted by atomic mass is 10.2. The van der Waals surface area contributed by atoms with Gasteiger partial charge in [-0.05, 0) is 18.6 Å². The Balaban J connectivity index is 1.99. The van der Waals surface area contributed by atoms with E-state index in [9.17, 15) is 4.79 Å². The van der Waals surface area contributed by atoms with Crippen LogP contribution in [0, 0.1) is 0 Å². The van der Waals surface area contributed by atoms with Gasteiger partial charge in [0.15, 0.2) is 0 Å². The molecule has 2 aliphatic rings. The second-order valence-electron chi connectivity index (χ2n) is 3.44. The molecule has 1 amide bonds. The number of nitrogens with zero attached hydrogens (tertiary/aromatic N) is 1. The molecule has 0 aromatic heterocycles. The van der Waals surface area contributed by atoms with Crippen LogP contribution < -0.4 is 5.73 Å². The normalized spacial score (nSPS) is 36.4. The highest BCUT2D eigenvalue weighted by atomic mass is 32.2. The largest absolute Gasteiger partial charge is 0.337 e. The van der Waals surface area contributed by atoms with E-state index in [1.165, 1.54) is 5.75 Å². The van der Waals surface area contributed by atoms with Gasteiger partial charge in [-0.2, -0.15) is 11.8 Å². The van der Waals surface area contributed by atoms with Crippen molar-refractivity contribution in [2.45, 2.75) is 24.9 Å². The molecule has 4 heteroatoms. The van der Waals surface area contributed by atoms with Gasteiger partial charge >= 0.3 is 0 Å². The van der Waals surface area contributed by atoms with E-state index < -0.39 is 0 Å². The maximum atomic E-state index is 11.5. The third kappa shape index (κ3) is 1.33. The fourth-order valence-electron chi connectivity index (χ4n) is 1.86. The Labute approximate surface area is 76.7 Å². The molecule has 2 heterocycles. The monoisotopic (exact) mass is 186 g/mol. The Morgan fingerprint density at radius 1 is 1.50 bits per heavy atom. The van der Waals surface area contributed by atoms with Crippen LogP contribution in [-0.2, 0) is 4.79 Å². The van der Waals surface area contributed by atoms with Gasteiger partial charge in [-0.1, -0.05) is 0 Å². The molecule has 0 aromatic rings. The van der Waals surface area contributed by atoms with Crippen LogP contribution in [0.1, 0.15) is 12.8 Å². The van der Waals surface area contributed by atoms with Crippen molar-refractivity contribution in [3.8, 4) is 0 Å². The number of carbonyl (C=O) groups is 1. The zero-order chi connectivity index (χ0) is 8.55. The van der Waals surface area contributed by atoms with E-state index in [4.69, 9.17) is 5.73 Å². The number of hydrogen-bond acceptors (Lipinski definition) is 3. The summed E-state index contributed by atoms with van der Waals surface area (Å²) in [5.41, 5.74) is 5.64. The molecule has 2 atom stereocenters. The van der Waals surface area contributed by atoms with Gasteiger partial charge in [0.05, 0.1) is 6.04 Å². The summed E-state index contributed by atoms with van der Waals surface area (Å²) in [6.45, 7) is 0.880. The van der Waals surface area contributed by atoms with Crippen LogP contribution >= 0.6 is 11.8 Å². The molecule has 0 radical (unpaired) electrons. The molecule has 2 fully saturated rings. The fourth-order valence-corrected chi connectivity index (χ4v) is 3.08. The summed E-state index contributed by atoms with van der Waals surface area (Å²) in [5.74, 6) is 2.48. The number of amides is 1. The van der Waals surface area contributed by atoms with Gasteiger partial charge in [-0.15, -0.1) is 0 Å². The molecule has 0 spiro atoms. The summed E-state index contributed by atoms with van der Waals surface area (Å²) in [5, 5.41) is 0. The van der Waals surface area contributed by atoms with E-state index in [-0.39, 0.29) is 11.9 Å². The second-order valence-corrected chi connectivity index (χ2v) is 4.59. The Morgan fingerprint density at radius 3 is 2.83 bits per heavy atom. The Bertz CT molecular complexity index is 191. The van der Waals surface area contributed by atoms with Crippen molar-refractivity contribution in [2.75, 3.05) is 18.1 Å². The number of hydrogen-bond donors (Lipinski definition) is 1. The van der Waals surface area contributed by atoms with Crippen molar-refractivity contribution < 1.29 is 4.79 Å². The first kappa shape index (κ1) is 8.38. The molecule has 2 saturated heterocycles. The van der Waals surface area contributed by atoms with Crippen LogP contribution in [0.15, 0.2) is 0 Å². The first-order valence-electron chi connectivity index (χ1n) is 4.43. The molecule has 0 saturated carbocycles. The molecule has 68 valence electrons. The molecule has 0 bridgehead atoms. The third-order valence-corrected chi connectivity index (χ3v) is 3.77. The standard InChI is InChI=1S/C8H14N2OS/c9-7-1-3-10(8(7)11)6-2-4-12-5-6/h6-7H,1-5,9H2. The van der Waals surface area contributed by atoms with Crippen molar-refractivity contribution in [1.82, 2.24) is 4.90 Å². The summed E-state index contributed by atoms with van der Waals surface area (Å²) in [6.07, 6.45) is 2.00. The quantitative estimate of drug-likeness (QED) is 0.629. The predicted octanol–water partition coefficient (Wildman–Crippen LogP) is 0.0515. The van der Waals surface area contributed by atoms with E-state index in [1.54, 1.807) is 0 Å². The summed E-state index contributed by atoms with van der Waals surface area (Å²) < 4.78 is 0. The van der Waals surface area contributed by atoms with Crippen LogP contribution in [0.2, 0.25) is 0 Å². The fraction of sp³-hybridized carbons (Fsp3) is 0.875. The maximum absolute atomic E-state index is 11.5. The highest BCUT2D eigenvalue weighted by Gasteiger charge is 2.34. The van der Waals surface area contributed by atoms with Crippen LogP contribution in [0.3, 0.4) is 0 Å². The number of nitrogens with two attached hydrogens (primary N) is 1. The Hall–Kier alpha value is -0.220. The predicted molar refractivity (Wildman–Crippen MR) is 50.0 cm³/mol. The molecule has 2 unspecified atom stereocenters. The van der Waals surface area contributed by atoms with Crippen LogP contribution in [0.25, 0.3) is 0 Å². The number of thioether (sulfide) groups is 1. The topological polar surface area (TPSA) is 46.3 Å². The Morgan fingerprint density at radius 2 is 2.33 bits per heavy atom. The van der Waals surface area contributed by atoms with E-state index in [0.717, 1.165) is 25.1 Å². The van der Waals surface area contributed by atoms with E-state index in [2.05, 4.69) is 0 Å². The lowest BCUT2D eigenvalue weighted by Gasteiger charge is -2.22. The zero-order valence-corrected chi connectivity index (χ0v) is 7.85. The van der Waals surface area contributed by atoms with Gasteiger partial charge in [0, 0.05) is 18.3 Å². The number of rotatable bonds is 1. The zero-order valence-electron chi connectivity index (χ0n) is 7.03. The highest BCUT2D eigenvalue weighted by molar-refractivity contribution is 7.99. The lowest BCUT2D eigenvalue weighted by Crippen LogP contribution is -2.40. The minimum absolute atomic E-state index is 0.169. The molecular formula is C8H14N2OS. The SMILES string of the molecule is NC1CCN(C2CCSC2)C1=O. The molecule has 3 nitrogen and oxygen atoms in total. The first-order chi connectivity index (χ1) is 5.79. The number of carbonyl (C=O) groups excluding carboxylic acids is 1. The van der Waals surface area contributed by atoms with Gasteiger partial charge in [-0.3, -0.25) is 4.79 Å². The summed E-state index contributed by atoms with van der Waals surface area (Å²) >= 11 is 1.94. The molecule has 2 aliphatic heterocycles. The van der Waals surface area contributed by atoms with Gasteiger partial charge in [-0.25, -0.2) is 0 Å². The van der Waals surface area contributed by atoms with Crippen LogP contribution in [0.4, 0.5) is 0 Å². The lowest BCUT2D eigenvalue weighted by molar-refractivity contribution is -0.130. The minimum Gasteiger partial charge on any atom is -0.337 e. The molecular weight excluding hydrogens is 172 g/mol. The van der Waals surface area contributed by atoms with Gasteiger partial charge < -0.3 is 10.6 Å². The van der Waals surface area contributed by atoms with Crippen molar-refractivity contribution in [3.63, 3.8) is 0 Å². The van der Waals surface area contributed by atoms with E-state index >= 15 is 0 Å². The minimum atomic E-state index is -0.212. The first-order valence-corrected chi connectivity index (χ1v) is 5.58. The molecule has 0 aliphatic carbocycles. The maximum Gasteiger partial charge on any atom is 0.239 e. The second kappa shape index (κ2) is 3.26. The number of likely N-dealkylation sites (tertiary alicyclic amines) is 1. The summed E-state index contributed by atoms with van der Waals surface area (Å²) in [6, 6.07) is 0.270. The third-order valence-electron chi connectivity index (χ3n) is 2.63. The molecule has 2 rings (SSSR count). The van der Waals surface area contributed by atoms with Crippen LogP contribution in [0.5, 0.6) is 0 Å². The van der Waals surface area contributed by atoms with Crippen LogP contribution in [-0.4, -0.2) is 40.9 Å². The Kier molecular flexibility index (Phi) is 2.28. The molecule has 2 N–H and O–H groups in total. The van der Waals surface area contributed by atoms with Gasteiger partial charge in [0.1, 0.15) is 0 Å². The van der Waals surface area contributed by atoms with E-state index in [1.807, 2.05) is 16.7 Å². The summed E-state index contributed by atoms with van der Waals surface area (Å²) in [4.78, 5) is 13.5. The smallest absolute Gasteiger partial charge is 0.239 e.